The fourth-order valence-corrected chi connectivity index (χ4v) is 2.43. The lowest BCUT2D eigenvalue weighted by Gasteiger charge is -2.07. The Labute approximate surface area is 110 Å². The van der Waals surface area contributed by atoms with Crippen molar-refractivity contribution in [3.63, 3.8) is 0 Å². The zero-order valence-corrected chi connectivity index (χ0v) is 10.5. The molecule has 3 N–H and O–H groups in total. The lowest BCUT2D eigenvalue weighted by Crippen LogP contribution is -2.00. The lowest BCUT2D eigenvalue weighted by atomic mass is 10.2. The lowest BCUT2D eigenvalue weighted by molar-refractivity contribution is 0.900. The van der Waals surface area contributed by atoms with Gasteiger partial charge in [0.1, 0.15) is 0 Å². The zero-order chi connectivity index (χ0) is 12.5. The van der Waals surface area contributed by atoms with E-state index in [1.165, 1.54) is 5.56 Å². The average molecular weight is 261 g/mol. The molecule has 1 heterocycles. The number of hydrogen-bond donors (Lipinski definition) is 2. The van der Waals surface area contributed by atoms with Crippen LogP contribution in [0.2, 0.25) is 5.02 Å². The second kappa shape index (κ2) is 4.46. The molecular weight excluding hydrogens is 248 g/mol. The maximum atomic E-state index is 5.95. The van der Waals surface area contributed by atoms with Gasteiger partial charge in [-0.3, -0.25) is 0 Å². The van der Waals surface area contributed by atoms with Crippen molar-refractivity contribution < 1.29 is 0 Å². The number of nitrogens with zero attached hydrogens (tertiary/aromatic N) is 2. The number of aryl methyl sites for hydroxylation is 2. The smallest absolute Gasteiger partial charge is 0.227 e. The van der Waals surface area contributed by atoms with E-state index in [1.807, 2.05) is 12.3 Å². The van der Waals surface area contributed by atoms with E-state index in [0.29, 0.717) is 16.7 Å². The van der Waals surface area contributed by atoms with E-state index in [0.717, 1.165) is 30.6 Å². The van der Waals surface area contributed by atoms with Crippen molar-refractivity contribution in [2.24, 2.45) is 0 Å². The van der Waals surface area contributed by atoms with Crippen LogP contribution in [-0.4, -0.2) is 9.97 Å². The van der Waals surface area contributed by atoms with Crippen molar-refractivity contribution in [3.8, 4) is 0 Å². The molecule has 1 aromatic heterocycles. The maximum Gasteiger partial charge on any atom is 0.227 e. The van der Waals surface area contributed by atoms with Gasteiger partial charge in [0.05, 0.1) is 0 Å². The third-order valence-corrected chi connectivity index (χ3v) is 3.21. The molecule has 0 spiro atoms. The number of nitrogens with one attached hydrogen (secondary N) is 1. The number of rotatable bonds is 2. The number of benzene rings is 1. The monoisotopic (exact) mass is 260 g/mol. The number of nitrogens with two attached hydrogens (primary N) is 1. The summed E-state index contributed by atoms with van der Waals surface area (Å²) >= 11 is 5.95. The highest BCUT2D eigenvalue weighted by molar-refractivity contribution is 6.31. The minimum absolute atomic E-state index is 0.595. The Morgan fingerprint density at radius 3 is 2.94 bits per heavy atom. The molecule has 5 heteroatoms. The van der Waals surface area contributed by atoms with Crippen LogP contribution in [0.1, 0.15) is 17.7 Å². The number of hydrogen-bond acceptors (Lipinski definition) is 4. The Hall–Kier alpha value is -1.81. The van der Waals surface area contributed by atoms with Gasteiger partial charge in [-0.05, 0) is 43.0 Å². The molecule has 0 atom stereocenters. The molecule has 3 rings (SSSR count). The second-order valence-corrected chi connectivity index (χ2v) is 4.85. The molecule has 0 saturated heterocycles. The minimum atomic E-state index is 0.595. The van der Waals surface area contributed by atoms with Gasteiger partial charge in [-0.2, -0.15) is 0 Å². The highest BCUT2D eigenvalue weighted by Gasteiger charge is 2.13. The molecule has 1 aliphatic rings. The van der Waals surface area contributed by atoms with Gasteiger partial charge >= 0.3 is 0 Å². The standard InChI is InChI=1S/C13H13ClN4/c14-9-4-10(15)6-11(5-9)17-13-16-7-8-2-1-3-12(8)18-13/h4-7H,1-3,15H2,(H,16,17,18). The summed E-state index contributed by atoms with van der Waals surface area (Å²) in [5.74, 6) is 0.595. The van der Waals surface area contributed by atoms with Gasteiger partial charge in [0.25, 0.3) is 0 Å². The molecule has 2 aromatic rings. The molecule has 4 nitrogen and oxygen atoms in total. The van der Waals surface area contributed by atoms with Gasteiger partial charge in [0, 0.05) is 28.3 Å². The summed E-state index contributed by atoms with van der Waals surface area (Å²) in [6.07, 6.45) is 5.17. The predicted molar refractivity (Wildman–Crippen MR) is 73.2 cm³/mol. The molecule has 0 saturated carbocycles. The van der Waals surface area contributed by atoms with Crippen LogP contribution in [-0.2, 0) is 12.8 Å². The first kappa shape index (κ1) is 11.3. The van der Waals surface area contributed by atoms with E-state index >= 15 is 0 Å². The van der Waals surface area contributed by atoms with Crippen LogP contribution >= 0.6 is 11.6 Å². The van der Waals surface area contributed by atoms with Crippen LogP contribution in [0.25, 0.3) is 0 Å². The first-order valence-corrected chi connectivity index (χ1v) is 6.26. The van der Waals surface area contributed by atoms with Gasteiger partial charge in [0.15, 0.2) is 0 Å². The molecule has 0 amide bonds. The van der Waals surface area contributed by atoms with E-state index in [9.17, 15) is 0 Å². The maximum absolute atomic E-state index is 5.95. The molecule has 1 aliphatic carbocycles. The Kier molecular flexibility index (Phi) is 2.80. The molecule has 0 fully saturated rings. The normalized spacial score (nSPS) is 13.4. The summed E-state index contributed by atoms with van der Waals surface area (Å²) in [4.78, 5) is 8.80. The summed E-state index contributed by atoms with van der Waals surface area (Å²) in [5.41, 5.74) is 9.56. The van der Waals surface area contributed by atoms with Gasteiger partial charge in [0.2, 0.25) is 5.95 Å². The van der Waals surface area contributed by atoms with Crippen molar-refractivity contribution in [2.45, 2.75) is 19.3 Å². The van der Waals surface area contributed by atoms with E-state index in [2.05, 4.69) is 15.3 Å². The molecule has 18 heavy (non-hydrogen) atoms. The zero-order valence-electron chi connectivity index (χ0n) is 9.78. The minimum Gasteiger partial charge on any atom is -0.399 e. The van der Waals surface area contributed by atoms with Crippen molar-refractivity contribution in [1.29, 1.82) is 0 Å². The van der Waals surface area contributed by atoms with Gasteiger partial charge in [-0.1, -0.05) is 11.6 Å². The van der Waals surface area contributed by atoms with Crippen LogP contribution in [0, 0.1) is 0 Å². The van der Waals surface area contributed by atoms with Gasteiger partial charge in [-0.15, -0.1) is 0 Å². The van der Waals surface area contributed by atoms with E-state index in [-0.39, 0.29) is 0 Å². The third kappa shape index (κ3) is 2.24. The van der Waals surface area contributed by atoms with Gasteiger partial charge in [-0.25, -0.2) is 9.97 Å². The Bertz CT molecular complexity index is 577. The molecule has 92 valence electrons. The van der Waals surface area contributed by atoms with E-state index in [1.54, 1.807) is 12.1 Å². The molecule has 1 aromatic carbocycles. The largest absolute Gasteiger partial charge is 0.399 e. The second-order valence-electron chi connectivity index (χ2n) is 4.42. The van der Waals surface area contributed by atoms with Crippen LogP contribution in [0.15, 0.2) is 24.4 Å². The van der Waals surface area contributed by atoms with Gasteiger partial charge < -0.3 is 11.1 Å². The first-order chi connectivity index (χ1) is 8.70. The first-order valence-electron chi connectivity index (χ1n) is 5.88. The SMILES string of the molecule is Nc1cc(Cl)cc(Nc2ncc3c(n2)CCC3)c1. The molecule has 0 aliphatic heterocycles. The summed E-state index contributed by atoms with van der Waals surface area (Å²) in [5, 5.41) is 3.72. The fraction of sp³-hybridized carbons (Fsp3) is 0.231. The Balaban J connectivity index is 1.88. The number of halogens is 1. The average Bonchev–Trinajstić information content (AvgIpc) is 2.74. The van der Waals surface area contributed by atoms with E-state index < -0.39 is 0 Å². The number of aromatic nitrogens is 2. The fourth-order valence-electron chi connectivity index (χ4n) is 2.19. The van der Waals surface area contributed by atoms with Crippen molar-refractivity contribution in [1.82, 2.24) is 9.97 Å². The molecule has 0 unspecified atom stereocenters. The Morgan fingerprint density at radius 1 is 1.22 bits per heavy atom. The quantitative estimate of drug-likeness (QED) is 0.815. The van der Waals surface area contributed by atoms with Crippen LogP contribution in [0.3, 0.4) is 0 Å². The number of nitrogen functional groups attached to an aromatic ring is 1. The highest BCUT2D eigenvalue weighted by atomic mass is 35.5. The molecular formula is C13H13ClN4. The van der Waals surface area contributed by atoms with Crippen molar-refractivity contribution in [2.75, 3.05) is 11.1 Å². The number of anilines is 3. The van der Waals surface area contributed by atoms with Crippen molar-refractivity contribution in [3.05, 3.63) is 40.7 Å². The summed E-state index contributed by atoms with van der Waals surface area (Å²) in [7, 11) is 0. The van der Waals surface area contributed by atoms with E-state index in [4.69, 9.17) is 17.3 Å². The van der Waals surface area contributed by atoms with Crippen LogP contribution in [0.5, 0.6) is 0 Å². The van der Waals surface area contributed by atoms with Crippen molar-refractivity contribution >= 4 is 28.9 Å². The molecule has 0 bridgehead atoms. The summed E-state index contributed by atoms with van der Waals surface area (Å²) < 4.78 is 0. The summed E-state index contributed by atoms with van der Waals surface area (Å²) in [6.45, 7) is 0. The topological polar surface area (TPSA) is 63.8 Å². The molecule has 0 radical (unpaired) electrons. The third-order valence-electron chi connectivity index (χ3n) is 2.99. The number of fused-ring (bicyclic) bond motifs is 1. The highest BCUT2D eigenvalue weighted by Crippen LogP contribution is 2.24. The summed E-state index contributed by atoms with van der Waals surface area (Å²) in [6, 6.07) is 5.31. The predicted octanol–water partition coefficient (Wildman–Crippen LogP) is 2.94. The van der Waals surface area contributed by atoms with Crippen LogP contribution < -0.4 is 11.1 Å². The van der Waals surface area contributed by atoms with Crippen LogP contribution in [0.4, 0.5) is 17.3 Å². The Morgan fingerprint density at radius 2 is 2.11 bits per heavy atom.